The number of methoxy groups -OCH3 is 1. The van der Waals surface area contributed by atoms with E-state index in [0.29, 0.717) is 12.6 Å². The van der Waals surface area contributed by atoms with Gasteiger partial charge in [-0.2, -0.15) is 0 Å². The predicted octanol–water partition coefficient (Wildman–Crippen LogP) is 1.18. The van der Waals surface area contributed by atoms with Gasteiger partial charge in [-0.25, -0.2) is 9.97 Å². The van der Waals surface area contributed by atoms with Crippen molar-refractivity contribution < 1.29 is 4.74 Å². The third kappa shape index (κ3) is 2.94. The molecule has 1 fully saturated rings. The summed E-state index contributed by atoms with van der Waals surface area (Å²) in [5.74, 6) is 0.748. The first-order valence-corrected chi connectivity index (χ1v) is 6.51. The average Bonchev–Trinajstić information content (AvgIpc) is 2.39. The highest BCUT2D eigenvalue weighted by molar-refractivity contribution is 9.10. The van der Waals surface area contributed by atoms with Gasteiger partial charge in [-0.1, -0.05) is 0 Å². The summed E-state index contributed by atoms with van der Waals surface area (Å²) in [5, 5.41) is 0. The maximum atomic E-state index is 5.82. The number of rotatable bonds is 3. The van der Waals surface area contributed by atoms with E-state index in [1.807, 2.05) is 0 Å². The number of aromatic nitrogens is 2. The number of piperidine rings is 1. The van der Waals surface area contributed by atoms with Crippen molar-refractivity contribution >= 4 is 21.9 Å². The normalized spacial score (nSPS) is 25.0. The minimum absolute atomic E-state index is 0.259. The molecule has 1 aliphatic heterocycles. The maximum Gasteiger partial charge on any atom is 0.225 e. The molecule has 2 heterocycles. The standard InChI is InChI=1S/C11H17BrN4O/c1-17-10-2-3-16(9(4-10)5-13)11-14-6-8(12)7-15-11/h6-7,9-10H,2-5,13H2,1H3. The van der Waals surface area contributed by atoms with E-state index in [4.69, 9.17) is 10.5 Å². The second kappa shape index (κ2) is 5.75. The van der Waals surface area contributed by atoms with Crippen LogP contribution in [0.15, 0.2) is 16.9 Å². The van der Waals surface area contributed by atoms with E-state index in [-0.39, 0.29) is 6.04 Å². The van der Waals surface area contributed by atoms with Crippen LogP contribution in [0.25, 0.3) is 0 Å². The van der Waals surface area contributed by atoms with E-state index in [0.717, 1.165) is 29.8 Å². The van der Waals surface area contributed by atoms with Crippen LogP contribution in [-0.4, -0.2) is 42.3 Å². The third-order valence-electron chi connectivity index (χ3n) is 3.14. The number of hydrogen-bond donors (Lipinski definition) is 1. The van der Waals surface area contributed by atoms with Gasteiger partial charge in [0.25, 0.3) is 0 Å². The molecule has 0 aliphatic carbocycles. The van der Waals surface area contributed by atoms with Crippen LogP contribution in [0.4, 0.5) is 5.95 Å². The minimum atomic E-state index is 0.259. The van der Waals surface area contributed by atoms with Crippen LogP contribution in [0, 0.1) is 0 Å². The van der Waals surface area contributed by atoms with E-state index >= 15 is 0 Å². The van der Waals surface area contributed by atoms with Crippen LogP contribution < -0.4 is 10.6 Å². The van der Waals surface area contributed by atoms with Gasteiger partial charge in [0.15, 0.2) is 0 Å². The van der Waals surface area contributed by atoms with Gasteiger partial charge in [0.2, 0.25) is 5.95 Å². The first-order chi connectivity index (χ1) is 8.24. The van der Waals surface area contributed by atoms with Gasteiger partial charge in [-0.05, 0) is 28.8 Å². The summed E-state index contributed by atoms with van der Waals surface area (Å²) in [6, 6.07) is 0.259. The Morgan fingerprint density at radius 3 is 2.82 bits per heavy atom. The van der Waals surface area contributed by atoms with E-state index in [1.165, 1.54) is 0 Å². The number of anilines is 1. The van der Waals surface area contributed by atoms with Crippen molar-refractivity contribution in [3.8, 4) is 0 Å². The summed E-state index contributed by atoms with van der Waals surface area (Å²) in [6.45, 7) is 1.49. The molecule has 6 heteroatoms. The van der Waals surface area contributed by atoms with Gasteiger partial charge in [0.05, 0.1) is 10.6 Å². The Kier molecular flexibility index (Phi) is 4.31. The molecule has 0 radical (unpaired) electrons. The fraction of sp³-hybridized carbons (Fsp3) is 0.636. The smallest absolute Gasteiger partial charge is 0.225 e. The van der Waals surface area contributed by atoms with Crippen molar-refractivity contribution in [2.45, 2.75) is 25.0 Å². The van der Waals surface area contributed by atoms with Gasteiger partial charge in [0, 0.05) is 38.6 Å². The largest absolute Gasteiger partial charge is 0.381 e. The molecule has 2 rings (SSSR count). The van der Waals surface area contributed by atoms with E-state index in [9.17, 15) is 0 Å². The van der Waals surface area contributed by atoms with Crippen molar-refractivity contribution in [1.29, 1.82) is 0 Å². The van der Waals surface area contributed by atoms with Crippen LogP contribution >= 0.6 is 15.9 Å². The zero-order chi connectivity index (χ0) is 12.3. The molecule has 1 aromatic rings. The Balaban J connectivity index is 2.12. The summed E-state index contributed by atoms with van der Waals surface area (Å²) < 4.78 is 6.28. The molecule has 0 aromatic carbocycles. The van der Waals surface area contributed by atoms with Crippen molar-refractivity contribution in [3.63, 3.8) is 0 Å². The van der Waals surface area contributed by atoms with Crippen molar-refractivity contribution in [2.75, 3.05) is 25.1 Å². The topological polar surface area (TPSA) is 64.3 Å². The van der Waals surface area contributed by atoms with Gasteiger partial charge < -0.3 is 15.4 Å². The highest BCUT2D eigenvalue weighted by atomic mass is 79.9. The average molecular weight is 301 g/mol. The Labute approximate surface area is 110 Å². The Morgan fingerprint density at radius 1 is 1.53 bits per heavy atom. The first kappa shape index (κ1) is 12.7. The van der Waals surface area contributed by atoms with E-state index in [1.54, 1.807) is 19.5 Å². The molecule has 1 aromatic heterocycles. The second-order valence-electron chi connectivity index (χ2n) is 4.17. The molecule has 0 bridgehead atoms. The molecule has 17 heavy (non-hydrogen) atoms. The lowest BCUT2D eigenvalue weighted by molar-refractivity contribution is 0.0706. The van der Waals surface area contributed by atoms with E-state index < -0.39 is 0 Å². The van der Waals surface area contributed by atoms with Gasteiger partial charge in [-0.3, -0.25) is 0 Å². The molecule has 2 atom stereocenters. The van der Waals surface area contributed by atoms with Crippen molar-refractivity contribution in [3.05, 3.63) is 16.9 Å². The lowest BCUT2D eigenvalue weighted by atomic mass is 10.00. The quantitative estimate of drug-likeness (QED) is 0.908. The minimum Gasteiger partial charge on any atom is -0.381 e. The first-order valence-electron chi connectivity index (χ1n) is 5.71. The molecule has 5 nitrogen and oxygen atoms in total. The molecule has 2 unspecified atom stereocenters. The molecule has 94 valence electrons. The molecule has 1 aliphatic rings. The Morgan fingerprint density at radius 2 is 2.24 bits per heavy atom. The molecule has 2 N–H and O–H groups in total. The molecule has 1 saturated heterocycles. The monoisotopic (exact) mass is 300 g/mol. The molecule has 0 spiro atoms. The molecular formula is C11H17BrN4O. The SMILES string of the molecule is COC1CCN(c2ncc(Br)cn2)C(CN)C1. The van der Waals surface area contributed by atoms with Crippen LogP contribution in [0.3, 0.4) is 0 Å². The Bertz CT molecular complexity index is 359. The van der Waals surface area contributed by atoms with Crippen LogP contribution in [0.2, 0.25) is 0 Å². The highest BCUT2D eigenvalue weighted by Crippen LogP contribution is 2.23. The van der Waals surface area contributed by atoms with Gasteiger partial charge in [0.1, 0.15) is 0 Å². The third-order valence-corrected chi connectivity index (χ3v) is 3.55. The number of hydrogen-bond acceptors (Lipinski definition) is 5. The van der Waals surface area contributed by atoms with Crippen LogP contribution in [0.5, 0.6) is 0 Å². The van der Waals surface area contributed by atoms with E-state index in [2.05, 4.69) is 30.8 Å². The zero-order valence-electron chi connectivity index (χ0n) is 9.84. The lowest BCUT2D eigenvalue weighted by Gasteiger charge is -2.38. The summed E-state index contributed by atoms with van der Waals surface area (Å²) >= 11 is 3.33. The predicted molar refractivity (Wildman–Crippen MR) is 70.0 cm³/mol. The highest BCUT2D eigenvalue weighted by Gasteiger charge is 2.28. The molecular weight excluding hydrogens is 284 g/mol. The number of ether oxygens (including phenoxy) is 1. The molecule has 0 amide bonds. The molecule has 0 saturated carbocycles. The Hall–Kier alpha value is -0.720. The van der Waals surface area contributed by atoms with Crippen molar-refractivity contribution in [1.82, 2.24) is 9.97 Å². The number of nitrogens with zero attached hydrogens (tertiary/aromatic N) is 3. The fourth-order valence-corrected chi connectivity index (χ4v) is 2.37. The summed E-state index contributed by atoms with van der Waals surface area (Å²) in [6.07, 6.45) is 5.76. The maximum absolute atomic E-state index is 5.82. The van der Waals surface area contributed by atoms with Crippen LogP contribution in [0.1, 0.15) is 12.8 Å². The van der Waals surface area contributed by atoms with Crippen molar-refractivity contribution in [2.24, 2.45) is 5.73 Å². The van der Waals surface area contributed by atoms with Crippen LogP contribution in [-0.2, 0) is 4.74 Å². The van der Waals surface area contributed by atoms with Gasteiger partial charge in [-0.15, -0.1) is 0 Å². The fourth-order valence-electron chi connectivity index (χ4n) is 2.17. The van der Waals surface area contributed by atoms with Gasteiger partial charge >= 0.3 is 0 Å². The summed E-state index contributed by atoms with van der Waals surface area (Å²) in [4.78, 5) is 10.8. The lowest BCUT2D eigenvalue weighted by Crippen LogP contribution is -2.49. The summed E-state index contributed by atoms with van der Waals surface area (Å²) in [7, 11) is 1.75. The number of halogens is 1. The zero-order valence-corrected chi connectivity index (χ0v) is 11.4. The second-order valence-corrected chi connectivity index (χ2v) is 5.08. The number of nitrogens with two attached hydrogens (primary N) is 1. The summed E-state index contributed by atoms with van der Waals surface area (Å²) in [5.41, 5.74) is 5.82.